The maximum atomic E-state index is 10.8. The van der Waals surface area contributed by atoms with E-state index in [1.165, 1.54) is 6.07 Å². The molecule has 2 aromatic heterocycles. The van der Waals surface area contributed by atoms with Crippen LogP contribution in [-0.4, -0.2) is 20.1 Å². The van der Waals surface area contributed by atoms with Crippen molar-refractivity contribution in [1.29, 1.82) is 0 Å². The maximum Gasteiger partial charge on any atom is 0.272 e. The molecular weight excluding hydrogens is 260 g/mol. The van der Waals surface area contributed by atoms with Gasteiger partial charge >= 0.3 is 0 Å². The first-order valence-corrected chi connectivity index (χ1v) is 5.87. The Morgan fingerprint density at radius 2 is 2.20 bits per heavy atom. The molecular formula is C13H10N4O3. The number of rotatable bonds is 3. The van der Waals surface area contributed by atoms with E-state index in [2.05, 4.69) is 15.2 Å². The first-order chi connectivity index (χ1) is 9.65. The van der Waals surface area contributed by atoms with Gasteiger partial charge in [-0.2, -0.15) is 5.10 Å². The zero-order valence-corrected chi connectivity index (χ0v) is 10.5. The Bertz CT molecular complexity index is 762. The van der Waals surface area contributed by atoms with Crippen LogP contribution in [0.3, 0.4) is 0 Å². The molecule has 100 valence electrons. The van der Waals surface area contributed by atoms with Crippen molar-refractivity contribution in [2.75, 3.05) is 0 Å². The molecule has 0 amide bonds. The molecule has 0 saturated heterocycles. The van der Waals surface area contributed by atoms with Crippen LogP contribution in [0.1, 0.15) is 5.56 Å². The third-order valence-electron chi connectivity index (χ3n) is 2.89. The van der Waals surface area contributed by atoms with Crippen LogP contribution in [-0.2, 0) is 0 Å². The number of nitrogens with zero attached hydrogens (tertiary/aromatic N) is 3. The summed E-state index contributed by atoms with van der Waals surface area (Å²) in [5.74, 6) is 1.57. The van der Waals surface area contributed by atoms with Gasteiger partial charge in [0.15, 0.2) is 17.4 Å². The van der Waals surface area contributed by atoms with Crippen LogP contribution in [0.2, 0.25) is 0 Å². The summed E-state index contributed by atoms with van der Waals surface area (Å²) in [5, 5.41) is 17.7. The van der Waals surface area contributed by atoms with Gasteiger partial charge in [-0.1, -0.05) is 0 Å². The van der Waals surface area contributed by atoms with E-state index in [0.717, 1.165) is 0 Å². The van der Waals surface area contributed by atoms with Gasteiger partial charge in [-0.25, -0.2) is 4.98 Å². The Hall–Kier alpha value is -2.96. The van der Waals surface area contributed by atoms with E-state index in [9.17, 15) is 10.1 Å². The molecule has 3 rings (SSSR count). The normalized spacial score (nSPS) is 10.7. The lowest BCUT2D eigenvalue weighted by atomic mass is 10.1. The van der Waals surface area contributed by atoms with Crippen molar-refractivity contribution < 1.29 is 9.34 Å². The summed E-state index contributed by atoms with van der Waals surface area (Å²) in [7, 11) is 0. The van der Waals surface area contributed by atoms with Gasteiger partial charge in [0, 0.05) is 17.2 Å². The third-order valence-corrected chi connectivity index (χ3v) is 2.89. The molecule has 0 radical (unpaired) electrons. The van der Waals surface area contributed by atoms with Gasteiger partial charge in [-0.15, -0.1) is 0 Å². The highest BCUT2D eigenvalue weighted by molar-refractivity contribution is 5.62. The molecule has 2 heterocycles. The maximum absolute atomic E-state index is 10.8. The summed E-state index contributed by atoms with van der Waals surface area (Å²) in [6.45, 7) is 1.68. The average Bonchev–Trinajstić information content (AvgIpc) is 3.09. The summed E-state index contributed by atoms with van der Waals surface area (Å²) in [6, 6.07) is 8.29. The van der Waals surface area contributed by atoms with Crippen LogP contribution in [0.15, 0.2) is 41.0 Å². The molecule has 0 fully saturated rings. The lowest BCUT2D eigenvalue weighted by Gasteiger charge is -1.99. The number of hydrogen-bond acceptors (Lipinski definition) is 5. The van der Waals surface area contributed by atoms with Crippen LogP contribution < -0.4 is 0 Å². The minimum absolute atomic E-state index is 0.0792. The molecule has 0 saturated carbocycles. The number of nitro benzene ring substituents is 1. The van der Waals surface area contributed by atoms with Crippen molar-refractivity contribution in [3.05, 3.63) is 52.3 Å². The molecule has 0 unspecified atom stereocenters. The molecule has 0 aliphatic carbocycles. The fourth-order valence-corrected chi connectivity index (χ4v) is 1.91. The smallest absolute Gasteiger partial charge is 0.272 e. The van der Waals surface area contributed by atoms with Gasteiger partial charge in [-0.05, 0) is 31.2 Å². The molecule has 20 heavy (non-hydrogen) atoms. The molecule has 7 nitrogen and oxygen atoms in total. The zero-order chi connectivity index (χ0) is 14.1. The molecule has 0 aliphatic rings. The number of hydrogen-bond donors (Lipinski definition) is 1. The van der Waals surface area contributed by atoms with Crippen molar-refractivity contribution in [2.24, 2.45) is 0 Å². The van der Waals surface area contributed by atoms with Gasteiger partial charge in [0.05, 0.1) is 11.2 Å². The van der Waals surface area contributed by atoms with Crippen LogP contribution in [0.5, 0.6) is 0 Å². The van der Waals surface area contributed by atoms with E-state index in [1.807, 2.05) is 0 Å². The van der Waals surface area contributed by atoms with Crippen molar-refractivity contribution in [3.63, 3.8) is 0 Å². The van der Waals surface area contributed by atoms with Crippen molar-refractivity contribution in [2.45, 2.75) is 6.92 Å². The SMILES string of the molecule is Cc1cc(-c2n[nH]c(-c3ccco3)n2)ccc1[N+](=O)[O-]. The first-order valence-electron chi connectivity index (χ1n) is 5.87. The van der Waals surface area contributed by atoms with E-state index in [4.69, 9.17) is 4.42 Å². The number of furan rings is 1. The van der Waals surface area contributed by atoms with Crippen LogP contribution in [0, 0.1) is 17.0 Å². The van der Waals surface area contributed by atoms with E-state index in [-0.39, 0.29) is 5.69 Å². The Kier molecular flexibility index (Phi) is 2.79. The Morgan fingerprint density at radius 1 is 1.35 bits per heavy atom. The van der Waals surface area contributed by atoms with Gasteiger partial charge in [0.2, 0.25) is 0 Å². The number of benzene rings is 1. The van der Waals surface area contributed by atoms with Crippen molar-refractivity contribution in [3.8, 4) is 23.0 Å². The summed E-state index contributed by atoms with van der Waals surface area (Å²) in [4.78, 5) is 14.7. The highest BCUT2D eigenvalue weighted by Gasteiger charge is 2.14. The second-order valence-electron chi connectivity index (χ2n) is 4.24. The lowest BCUT2D eigenvalue weighted by Crippen LogP contribution is -1.92. The van der Waals surface area contributed by atoms with Crippen LogP contribution >= 0.6 is 0 Å². The topological polar surface area (TPSA) is 97.8 Å². The molecule has 0 atom stereocenters. The number of nitrogens with one attached hydrogen (secondary N) is 1. The lowest BCUT2D eigenvalue weighted by molar-refractivity contribution is -0.385. The summed E-state index contributed by atoms with van der Waals surface area (Å²) in [6.07, 6.45) is 1.55. The second kappa shape index (κ2) is 4.61. The number of aryl methyl sites for hydroxylation is 1. The molecule has 1 N–H and O–H groups in total. The minimum atomic E-state index is -0.411. The summed E-state index contributed by atoms with van der Waals surface area (Å²) >= 11 is 0. The van der Waals surface area contributed by atoms with E-state index in [1.54, 1.807) is 37.5 Å². The highest BCUT2D eigenvalue weighted by Crippen LogP contribution is 2.25. The Labute approximate surface area is 113 Å². The first kappa shape index (κ1) is 12.1. The van der Waals surface area contributed by atoms with Crippen LogP contribution in [0.4, 0.5) is 5.69 Å². The molecule has 7 heteroatoms. The minimum Gasteiger partial charge on any atom is -0.461 e. The predicted molar refractivity (Wildman–Crippen MR) is 70.9 cm³/mol. The van der Waals surface area contributed by atoms with Crippen molar-refractivity contribution >= 4 is 5.69 Å². The molecule has 3 aromatic rings. The average molecular weight is 270 g/mol. The second-order valence-corrected chi connectivity index (χ2v) is 4.24. The number of aromatic amines is 1. The van der Waals surface area contributed by atoms with Gasteiger partial charge in [-0.3, -0.25) is 15.2 Å². The fourth-order valence-electron chi connectivity index (χ4n) is 1.91. The fraction of sp³-hybridized carbons (Fsp3) is 0.0769. The summed E-state index contributed by atoms with van der Waals surface area (Å²) in [5.41, 5.74) is 1.36. The van der Waals surface area contributed by atoms with E-state index in [0.29, 0.717) is 28.5 Å². The Morgan fingerprint density at radius 3 is 2.85 bits per heavy atom. The van der Waals surface area contributed by atoms with Gasteiger partial charge in [0.25, 0.3) is 5.69 Å². The van der Waals surface area contributed by atoms with Gasteiger partial charge < -0.3 is 4.42 Å². The monoisotopic (exact) mass is 270 g/mol. The van der Waals surface area contributed by atoms with E-state index >= 15 is 0 Å². The third kappa shape index (κ3) is 2.05. The Balaban J connectivity index is 1.98. The molecule has 0 spiro atoms. The quantitative estimate of drug-likeness (QED) is 0.582. The zero-order valence-electron chi connectivity index (χ0n) is 10.5. The number of nitro groups is 1. The van der Waals surface area contributed by atoms with E-state index < -0.39 is 4.92 Å². The predicted octanol–water partition coefficient (Wildman–Crippen LogP) is 2.95. The largest absolute Gasteiger partial charge is 0.461 e. The molecule has 0 aliphatic heterocycles. The summed E-state index contributed by atoms with van der Waals surface area (Å²) < 4.78 is 5.22. The van der Waals surface area contributed by atoms with Gasteiger partial charge in [0.1, 0.15) is 0 Å². The van der Waals surface area contributed by atoms with Crippen molar-refractivity contribution in [1.82, 2.24) is 15.2 Å². The standard InChI is InChI=1S/C13H10N4O3/c1-8-7-9(4-5-10(8)17(18)19)12-14-13(16-15-12)11-3-2-6-20-11/h2-7H,1H3,(H,14,15,16). The highest BCUT2D eigenvalue weighted by atomic mass is 16.6. The number of H-pyrrole nitrogens is 1. The van der Waals surface area contributed by atoms with Crippen LogP contribution in [0.25, 0.3) is 23.0 Å². The number of aromatic nitrogens is 3. The molecule has 1 aromatic carbocycles. The molecule has 0 bridgehead atoms.